The highest BCUT2D eigenvalue weighted by Crippen LogP contribution is 2.08. The highest BCUT2D eigenvalue weighted by Gasteiger charge is 2.06. The lowest BCUT2D eigenvalue weighted by atomic mass is 10.4. The Morgan fingerprint density at radius 2 is 2.13 bits per heavy atom. The predicted octanol–water partition coefficient (Wildman–Crippen LogP) is 1.48. The first-order valence-electron chi connectivity index (χ1n) is 4.88. The maximum absolute atomic E-state index is 5.73. The van der Waals surface area contributed by atoms with Crippen molar-refractivity contribution in [2.75, 3.05) is 37.6 Å². The van der Waals surface area contributed by atoms with Crippen molar-refractivity contribution in [1.82, 2.24) is 10.2 Å². The smallest absolute Gasteiger partial charge is 0.151 e. The van der Waals surface area contributed by atoms with Crippen LogP contribution < -0.4 is 4.90 Å². The Labute approximate surface area is 95.2 Å². The van der Waals surface area contributed by atoms with Crippen molar-refractivity contribution < 1.29 is 4.74 Å². The number of aryl methyl sites for hydroxylation is 1. The van der Waals surface area contributed by atoms with Crippen LogP contribution in [0.2, 0.25) is 0 Å². The van der Waals surface area contributed by atoms with Crippen molar-refractivity contribution >= 4 is 17.4 Å². The van der Waals surface area contributed by atoms with E-state index in [9.17, 15) is 0 Å². The van der Waals surface area contributed by atoms with Crippen molar-refractivity contribution in [2.45, 2.75) is 6.92 Å². The largest absolute Gasteiger partial charge is 0.383 e. The molecule has 0 N–H and O–H groups in total. The number of nitrogens with zero attached hydrogens (tertiary/aromatic N) is 3. The third-order valence-corrected chi connectivity index (χ3v) is 2.20. The van der Waals surface area contributed by atoms with E-state index in [4.69, 9.17) is 16.3 Å². The minimum atomic E-state index is 0.569. The third kappa shape index (κ3) is 4.01. The number of hydrogen-bond donors (Lipinski definition) is 0. The van der Waals surface area contributed by atoms with Crippen molar-refractivity contribution in [3.63, 3.8) is 0 Å². The average Bonchev–Trinajstić information content (AvgIpc) is 2.25. The molecule has 15 heavy (non-hydrogen) atoms. The predicted molar refractivity (Wildman–Crippen MR) is 61.6 cm³/mol. The molecule has 1 aromatic rings. The van der Waals surface area contributed by atoms with E-state index in [1.54, 1.807) is 7.11 Å². The van der Waals surface area contributed by atoms with E-state index in [0.717, 1.165) is 24.6 Å². The maximum Gasteiger partial charge on any atom is 0.151 e. The number of hydrogen-bond acceptors (Lipinski definition) is 4. The number of alkyl halides is 1. The van der Waals surface area contributed by atoms with E-state index in [2.05, 4.69) is 15.1 Å². The van der Waals surface area contributed by atoms with Gasteiger partial charge in [-0.2, -0.15) is 5.10 Å². The van der Waals surface area contributed by atoms with Gasteiger partial charge in [0.1, 0.15) is 0 Å². The minimum Gasteiger partial charge on any atom is -0.383 e. The zero-order valence-electron chi connectivity index (χ0n) is 9.11. The van der Waals surface area contributed by atoms with Crippen LogP contribution in [0.25, 0.3) is 0 Å². The molecule has 1 heterocycles. The van der Waals surface area contributed by atoms with Crippen LogP contribution >= 0.6 is 11.6 Å². The molecule has 0 unspecified atom stereocenters. The Balaban J connectivity index is 2.65. The molecule has 4 nitrogen and oxygen atoms in total. The summed E-state index contributed by atoms with van der Waals surface area (Å²) in [6, 6.07) is 3.89. The second-order valence-electron chi connectivity index (χ2n) is 3.20. The van der Waals surface area contributed by atoms with Crippen LogP contribution in [0, 0.1) is 6.92 Å². The van der Waals surface area contributed by atoms with Crippen molar-refractivity contribution in [1.29, 1.82) is 0 Å². The summed E-state index contributed by atoms with van der Waals surface area (Å²) in [6.45, 7) is 4.11. The molecule has 0 aliphatic heterocycles. The molecule has 0 aliphatic rings. The maximum atomic E-state index is 5.73. The Bertz CT molecular complexity index is 279. The fourth-order valence-corrected chi connectivity index (χ4v) is 1.41. The van der Waals surface area contributed by atoms with Gasteiger partial charge in [-0.3, -0.25) is 0 Å². The van der Waals surface area contributed by atoms with Crippen LogP contribution in [0.1, 0.15) is 5.69 Å². The van der Waals surface area contributed by atoms with Gasteiger partial charge in [0.25, 0.3) is 0 Å². The highest BCUT2D eigenvalue weighted by molar-refractivity contribution is 6.18. The molecule has 0 amide bonds. The molecule has 0 aromatic carbocycles. The molecule has 0 aliphatic carbocycles. The summed E-state index contributed by atoms with van der Waals surface area (Å²) in [7, 11) is 1.68. The molecule has 0 spiro atoms. The summed E-state index contributed by atoms with van der Waals surface area (Å²) in [6.07, 6.45) is 0. The monoisotopic (exact) mass is 229 g/mol. The second kappa shape index (κ2) is 6.58. The van der Waals surface area contributed by atoms with Gasteiger partial charge in [-0.05, 0) is 19.1 Å². The first-order valence-corrected chi connectivity index (χ1v) is 5.41. The summed E-state index contributed by atoms with van der Waals surface area (Å²) >= 11 is 5.73. The van der Waals surface area contributed by atoms with E-state index < -0.39 is 0 Å². The number of methoxy groups -OCH3 is 1. The molecule has 1 rings (SSSR count). The Hall–Kier alpha value is -0.870. The van der Waals surface area contributed by atoms with Gasteiger partial charge in [0.05, 0.1) is 12.3 Å². The van der Waals surface area contributed by atoms with Crippen LogP contribution in [0.5, 0.6) is 0 Å². The molecular formula is C10H16ClN3O. The van der Waals surface area contributed by atoms with Crippen molar-refractivity contribution in [3.8, 4) is 0 Å². The first kappa shape index (κ1) is 12.2. The van der Waals surface area contributed by atoms with E-state index in [1.807, 2.05) is 19.1 Å². The van der Waals surface area contributed by atoms with E-state index in [-0.39, 0.29) is 0 Å². The van der Waals surface area contributed by atoms with Crippen molar-refractivity contribution in [3.05, 3.63) is 17.8 Å². The average molecular weight is 230 g/mol. The Morgan fingerprint density at radius 3 is 2.67 bits per heavy atom. The van der Waals surface area contributed by atoms with Crippen LogP contribution in [-0.4, -0.2) is 42.9 Å². The van der Waals surface area contributed by atoms with Gasteiger partial charge in [0, 0.05) is 26.1 Å². The normalized spacial score (nSPS) is 10.3. The Morgan fingerprint density at radius 1 is 1.33 bits per heavy atom. The van der Waals surface area contributed by atoms with E-state index in [1.165, 1.54) is 0 Å². The van der Waals surface area contributed by atoms with E-state index >= 15 is 0 Å². The summed E-state index contributed by atoms with van der Waals surface area (Å²) in [4.78, 5) is 2.06. The van der Waals surface area contributed by atoms with Gasteiger partial charge in [-0.15, -0.1) is 16.7 Å². The summed E-state index contributed by atoms with van der Waals surface area (Å²) < 4.78 is 5.03. The molecule has 0 bridgehead atoms. The van der Waals surface area contributed by atoms with Crippen molar-refractivity contribution in [2.24, 2.45) is 0 Å². The number of ether oxygens (including phenoxy) is 1. The van der Waals surface area contributed by atoms with Gasteiger partial charge in [0.15, 0.2) is 5.82 Å². The molecule has 0 atom stereocenters. The number of anilines is 1. The SMILES string of the molecule is COCCN(CCCl)c1ccc(C)nn1. The molecule has 0 saturated carbocycles. The zero-order valence-corrected chi connectivity index (χ0v) is 9.87. The quantitative estimate of drug-likeness (QED) is 0.693. The molecule has 0 saturated heterocycles. The molecular weight excluding hydrogens is 214 g/mol. The zero-order chi connectivity index (χ0) is 11.1. The molecule has 0 radical (unpaired) electrons. The fourth-order valence-electron chi connectivity index (χ4n) is 1.20. The topological polar surface area (TPSA) is 38.2 Å². The molecule has 1 aromatic heterocycles. The fraction of sp³-hybridized carbons (Fsp3) is 0.600. The third-order valence-electron chi connectivity index (χ3n) is 2.03. The van der Waals surface area contributed by atoms with Crippen LogP contribution in [0.15, 0.2) is 12.1 Å². The summed E-state index contributed by atoms with van der Waals surface area (Å²) in [5.41, 5.74) is 0.913. The second-order valence-corrected chi connectivity index (χ2v) is 3.58. The highest BCUT2D eigenvalue weighted by atomic mass is 35.5. The standard InChI is InChI=1S/C10H16ClN3O/c1-9-3-4-10(13-12-9)14(6-5-11)7-8-15-2/h3-4H,5-8H2,1-2H3. The molecule has 84 valence electrons. The minimum absolute atomic E-state index is 0.569. The summed E-state index contributed by atoms with van der Waals surface area (Å²) in [5.74, 6) is 1.41. The lowest BCUT2D eigenvalue weighted by molar-refractivity contribution is 0.205. The Kier molecular flexibility index (Phi) is 5.36. The van der Waals surface area contributed by atoms with Gasteiger partial charge in [0.2, 0.25) is 0 Å². The van der Waals surface area contributed by atoms with Gasteiger partial charge < -0.3 is 9.64 Å². The van der Waals surface area contributed by atoms with Crippen LogP contribution in [-0.2, 0) is 4.74 Å². The number of aromatic nitrogens is 2. The van der Waals surface area contributed by atoms with Crippen LogP contribution in [0.3, 0.4) is 0 Å². The summed E-state index contributed by atoms with van der Waals surface area (Å²) in [5, 5.41) is 8.13. The number of rotatable bonds is 6. The van der Waals surface area contributed by atoms with Crippen LogP contribution in [0.4, 0.5) is 5.82 Å². The number of halogens is 1. The first-order chi connectivity index (χ1) is 7.27. The van der Waals surface area contributed by atoms with Gasteiger partial charge >= 0.3 is 0 Å². The lowest BCUT2D eigenvalue weighted by Gasteiger charge is -2.21. The van der Waals surface area contributed by atoms with Gasteiger partial charge in [-0.25, -0.2) is 0 Å². The van der Waals surface area contributed by atoms with Gasteiger partial charge in [-0.1, -0.05) is 0 Å². The van der Waals surface area contributed by atoms with E-state index in [0.29, 0.717) is 12.5 Å². The molecule has 0 fully saturated rings. The lowest BCUT2D eigenvalue weighted by Crippen LogP contribution is -2.30. The molecule has 5 heteroatoms.